The molecule has 0 spiro atoms. The highest BCUT2D eigenvalue weighted by atomic mass is 16.5. The molecule has 0 N–H and O–H groups in total. The van der Waals surface area contributed by atoms with Crippen LogP contribution in [0, 0.1) is 0 Å². The molecule has 2 bridgehead atoms. The molecule has 1 heterocycles. The van der Waals surface area contributed by atoms with E-state index in [-0.39, 0.29) is 24.2 Å². The summed E-state index contributed by atoms with van der Waals surface area (Å²) < 4.78 is 11.8. The molecule has 3 rings (SSSR count). The molecule has 1 saturated carbocycles. The summed E-state index contributed by atoms with van der Waals surface area (Å²) in [6.45, 7) is 4.05. The predicted octanol–water partition coefficient (Wildman–Crippen LogP) is 2.28. The SMILES string of the molecule is CCO[C@@H]1[C@H]2CC[C@H]1OCCN2C(=O)C1=CCCCC1. The Bertz CT molecular complexity index is 393. The molecule has 3 atom stereocenters. The van der Waals surface area contributed by atoms with Gasteiger partial charge in [0.15, 0.2) is 0 Å². The third kappa shape index (κ3) is 2.63. The number of rotatable bonds is 3. The average molecular weight is 279 g/mol. The first-order chi connectivity index (χ1) is 9.81. The van der Waals surface area contributed by atoms with Crippen LogP contribution in [-0.2, 0) is 14.3 Å². The van der Waals surface area contributed by atoms with Gasteiger partial charge in [0.05, 0.1) is 18.8 Å². The van der Waals surface area contributed by atoms with Gasteiger partial charge in [-0.05, 0) is 45.4 Å². The van der Waals surface area contributed by atoms with Crippen LogP contribution in [0.3, 0.4) is 0 Å². The quantitative estimate of drug-likeness (QED) is 0.795. The van der Waals surface area contributed by atoms with E-state index in [0.29, 0.717) is 19.8 Å². The van der Waals surface area contributed by atoms with Crippen LogP contribution < -0.4 is 0 Å². The first-order valence-electron chi connectivity index (χ1n) is 8.04. The van der Waals surface area contributed by atoms with Crippen LogP contribution in [0.25, 0.3) is 0 Å². The summed E-state index contributed by atoms with van der Waals surface area (Å²) >= 11 is 0. The standard InChI is InChI=1S/C16H25NO3/c1-2-19-15-13-8-9-14(15)20-11-10-17(13)16(18)12-6-4-3-5-7-12/h6,13-15H,2-5,7-11H2,1H3/t13-,14-,15-/m1/s1. The average Bonchev–Trinajstić information content (AvgIpc) is 2.76. The molecule has 2 aliphatic carbocycles. The van der Waals surface area contributed by atoms with E-state index in [1.54, 1.807) is 0 Å². The van der Waals surface area contributed by atoms with E-state index in [2.05, 4.69) is 6.08 Å². The molecule has 3 aliphatic rings. The summed E-state index contributed by atoms with van der Waals surface area (Å²) in [6.07, 6.45) is 8.75. The zero-order chi connectivity index (χ0) is 13.9. The zero-order valence-corrected chi connectivity index (χ0v) is 12.3. The van der Waals surface area contributed by atoms with Crippen molar-refractivity contribution in [3.63, 3.8) is 0 Å². The third-order valence-electron chi connectivity index (χ3n) is 4.74. The maximum atomic E-state index is 12.8. The fourth-order valence-corrected chi connectivity index (χ4v) is 3.77. The lowest BCUT2D eigenvalue weighted by Gasteiger charge is -2.32. The second-order valence-corrected chi connectivity index (χ2v) is 5.95. The maximum Gasteiger partial charge on any atom is 0.249 e. The van der Waals surface area contributed by atoms with Crippen molar-refractivity contribution in [3.05, 3.63) is 11.6 Å². The van der Waals surface area contributed by atoms with Gasteiger partial charge in [0.2, 0.25) is 5.91 Å². The maximum absolute atomic E-state index is 12.8. The molecule has 1 amide bonds. The Hall–Kier alpha value is -0.870. The fourth-order valence-electron chi connectivity index (χ4n) is 3.77. The number of allylic oxidation sites excluding steroid dienone is 1. The molecule has 4 heteroatoms. The first kappa shape index (κ1) is 14.1. The number of ether oxygens (including phenoxy) is 2. The molecular formula is C16H25NO3. The van der Waals surface area contributed by atoms with Crippen molar-refractivity contribution in [1.29, 1.82) is 0 Å². The highest BCUT2D eigenvalue weighted by Crippen LogP contribution is 2.33. The second-order valence-electron chi connectivity index (χ2n) is 5.95. The lowest BCUT2D eigenvalue weighted by molar-refractivity contribution is -0.131. The van der Waals surface area contributed by atoms with Gasteiger partial charge in [-0.15, -0.1) is 0 Å². The zero-order valence-electron chi connectivity index (χ0n) is 12.3. The van der Waals surface area contributed by atoms with Crippen molar-refractivity contribution in [1.82, 2.24) is 4.90 Å². The van der Waals surface area contributed by atoms with Gasteiger partial charge in [-0.25, -0.2) is 0 Å². The normalized spacial score (nSPS) is 33.8. The van der Waals surface area contributed by atoms with Crippen molar-refractivity contribution >= 4 is 5.91 Å². The van der Waals surface area contributed by atoms with Gasteiger partial charge in [0.25, 0.3) is 0 Å². The molecule has 1 saturated heterocycles. The molecular weight excluding hydrogens is 254 g/mol. The Balaban J connectivity index is 1.77. The molecule has 0 aromatic carbocycles. The highest BCUT2D eigenvalue weighted by molar-refractivity contribution is 5.93. The van der Waals surface area contributed by atoms with Crippen LogP contribution in [0.4, 0.5) is 0 Å². The summed E-state index contributed by atoms with van der Waals surface area (Å²) in [4.78, 5) is 14.8. The summed E-state index contributed by atoms with van der Waals surface area (Å²) in [5, 5.41) is 0. The monoisotopic (exact) mass is 279 g/mol. The largest absolute Gasteiger partial charge is 0.374 e. The van der Waals surface area contributed by atoms with E-state index >= 15 is 0 Å². The molecule has 0 aromatic heterocycles. The minimum absolute atomic E-state index is 0.0654. The minimum atomic E-state index is 0.0654. The number of hydrogen-bond donors (Lipinski definition) is 0. The molecule has 20 heavy (non-hydrogen) atoms. The molecule has 112 valence electrons. The minimum Gasteiger partial charge on any atom is -0.374 e. The fraction of sp³-hybridized carbons (Fsp3) is 0.812. The number of carbonyl (C=O) groups is 1. The highest BCUT2D eigenvalue weighted by Gasteiger charge is 2.44. The second kappa shape index (κ2) is 6.27. The summed E-state index contributed by atoms with van der Waals surface area (Å²) in [5.74, 6) is 0.227. The topological polar surface area (TPSA) is 38.8 Å². The van der Waals surface area contributed by atoms with Gasteiger partial charge < -0.3 is 14.4 Å². The molecule has 4 nitrogen and oxygen atoms in total. The van der Waals surface area contributed by atoms with Crippen LogP contribution in [0.1, 0.15) is 45.4 Å². The van der Waals surface area contributed by atoms with Gasteiger partial charge in [-0.2, -0.15) is 0 Å². The van der Waals surface area contributed by atoms with E-state index in [0.717, 1.165) is 37.7 Å². The van der Waals surface area contributed by atoms with Crippen molar-refractivity contribution < 1.29 is 14.3 Å². The Morgan fingerprint density at radius 2 is 2.35 bits per heavy atom. The van der Waals surface area contributed by atoms with E-state index < -0.39 is 0 Å². The molecule has 0 radical (unpaired) electrons. The number of carbonyl (C=O) groups excluding carboxylic acids is 1. The van der Waals surface area contributed by atoms with Crippen molar-refractivity contribution in [2.75, 3.05) is 19.8 Å². The van der Waals surface area contributed by atoms with Crippen molar-refractivity contribution in [2.45, 2.75) is 63.7 Å². The van der Waals surface area contributed by atoms with Crippen LogP contribution in [0.15, 0.2) is 11.6 Å². The van der Waals surface area contributed by atoms with Crippen LogP contribution in [0.5, 0.6) is 0 Å². The number of fused-ring (bicyclic) bond motifs is 2. The predicted molar refractivity (Wildman–Crippen MR) is 76.4 cm³/mol. The third-order valence-corrected chi connectivity index (χ3v) is 4.74. The van der Waals surface area contributed by atoms with E-state index in [9.17, 15) is 4.79 Å². The van der Waals surface area contributed by atoms with Crippen molar-refractivity contribution in [2.24, 2.45) is 0 Å². The van der Waals surface area contributed by atoms with Crippen LogP contribution in [0.2, 0.25) is 0 Å². The summed E-state index contributed by atoms with van der Waals surface area (Å²) in [7, 11) is 0. The van der Waals surface area contributed by atoms with Gasteiger partial charge >= 0.3 is 0 Å². The Morgan fingerprint density at radius 1 is 1.45 bits per heavy atom. The lowest BCUT2D eigenvalue weighted by Crippen LogP contribution is -2.47. The van der Waals surface area contributed by atoms with Crippen molar-refractivity contribution in [3.8, 4) is 0 Å². The number of hydrogen-bond acceptors (Lipinski definition) is 3. The number of amides is 1. The first-order valence-corrected chi connectivity index (χ1v) is 8.04. The van der Waals surface area contributed by atoms with Gasteiger partial charge in [0.1, 0.15) is 6.10 Å². The summed E-state index contributed by atoms with van der Waals surface area (Å²) in [6, 6.07) is 0.206. The van der Waals surface area contributed by atoms with Gasteiger partial charge in [-0.1, -0.05) is 6.08 Å². The smallest absolute Gasteiger partial charge is 0.249 e. The van der Waals surface area contributed by atoms with Crippen LogP contribution >= 0.6 is 0 Å². The molecule has 2 fully saturated rings. The van der Waals surface area contributed by atoms with Gasteiger partial charge in [0, 0.05) is 18.7 Å². The molecule has 0 unspecified atom stereocenters. The lowest BCUT2D eigenvalue weighted by atomic mass is 9.97. The number of nitrogens with zero attached hydrogens (tertiary/aromatic N) is 1. The van der Waals surface area contributed by atoms with E-state index in [1.165, 1.54) is 6.42 Å². The van der Waals surface area contributed by atoms with E-state index in [4.69, 9.17) is 9.47 Å². The van der Waals surface area contributed by atoms with Crippen LogP contribution in [-0.4, -0.2) is 48.8 Å². The Labute approximate surface area is 121 Å². The van der Waals surface area contributed by atoms with E-state index in [1.807, 2.05) is 11.8 Å². The van der Waals surface area contributed by atoms with Gasteiger partial charge in [-0.3, -0.25) is 4.79 Å². The molecule has 1 aliphatic heterocycles. The Kier molecular flexibility index (Phi) is 4.41. The Morgan fingerprint density at radius 3 is 3.10 bits per heavy atom. The molecule has 0 aromatic rings. The summed E-state index contributed by atoms with van der Waals surface area (Å²) in [5.41, 5.74) is 1.01.